The number of methoxy groups -OCH3 is 3. The molecule has 17 heteroatoms. The SMILES string of the molecule is COc1ccc(C(OCC2OC(n3cnc4c(N(Cc5ccccc5)C(=O)COc5ccccc5)ncnc43)C(OC)C2OP(OCCC#N)N(C(C)C)C(C)C)(c2ccccc2)c2ccc(OC)cc2)cc1. The molecule has 0 aliphatic carbocycles. The van der Waals surface area contributed by atoms with E-state index in [0.717, 1.165) is 22.3 Å². The second-order valence-electron chi connectivity index (χ2n) is 17.8. The quantitative estimate of drug-likeness (QED) is 0.0319. The maximum atomic E-state index is 14.3. The van der Waals surface area contributed by atoms with E-state index in [1.807, 2.05) is 127 Å². The summed E-state index contributed by atoms with van der Waals surface area (Å²) in [5.74, 6) is 1.90. The standard InChI is InChI=1S/C56H62N7O9P/c1-39(2)63(40(3)4)73(70-33-17-32-57)72-51-48(35-69-56(42-20-13-9-14-21-42,43-24-28-45(65-5)29-25-43)44-26-30-46(66-6)31-27-44)71-55(52(51)67-7)62-38-60-50-53(58-37-59-54(50)62)61(34-41-18-11-8-12-19-41)49(64)36-68-47-22-15-10-16-23-47/h8-16,18-31,37-40,48,51-52,55H,17,33-36H2,1-7H3. The highest BCUT2D eigenvalue weighted by Crippen LogP contribution is 2.51. The van der Waals surface area contributed by atoms with E-state index in [1.165, 1.54) is 6.33 Å². The fourth-order valence-electron chi connectivity index (χ4n) is 9.13. The summed E-state index contributed by atoms with van der Waals surface area (Å²) >= 11 is 0. The molecule has 5 aromatic carbocycles. The van der Waals surface area contributed by atoms with Crippen molar-refractivity contribution in [2.24, 2.45) is 0 Å². The van der Waals surface area contributed by atoms with Crippen LogP contribution in [-0.2, 0) is 40.2 Å². The average molecular weight is 1010 g/mol. The highest BCUT2D eigenvalue weighted by atomic mass is 31.2. The molecule has 1 amide bonds. The number of para-hydroxylation sites is 1. The fourth-order valence-corrected chi connectivity index (χ4v) is 10.9. The van der Waals surface area contributed by atoms with Crippen molar-refractivity contribution in [3.05, 3.63) is 174 Å². The molecule has 0 N–H and O–H groups in total. The van der Waals surface area contributed by atoms with Crippen LogP contribution < -0.4 is 19.1 Å². The maximum Gasteiger partial charge on any atom is 0.266 e. The molecule has 2 aromatic heterocycles. The molecule has 7 aromatic rings. The molecular formula is C56H62N7O9P. The fraction of sp³-hybridized carbons (Fsp3) is 0.339. The minimum Gasteiger partial charge on any atom is -0.497 e. The number of amides is 1. The van der Waals surface area contributed by atoms with E-state index in [2.05, 4.69) is 43.4 Å². The third-order valence-corrected chi connectivity index (χ3v) is 14.7. The molecule has 0 radical (unpaired) electrons. The summed E-state index contributed by atoms with van der Waals surface area (Å²) in [6.45, 7) is 8.41. The molecule has 1 aliphatic heterocycles. The van der Waals surface area contributed by atoms with E-state index < -0.39 is 38.7 Å². The van der Waals surface area contributed by atoms with Crippen molar-refractivity contribution in [2.45, 2.75) is 82.9 Å². The molecule has 16 nitrogen and oxygen atoms in total. The van der Waals surface area contributed by atoms with Gasteiger partial charge in [0.15, 0.2) is 29.8 Å². The van der Waals surface area contributed by atoms with E-state index in [4.69, 9.17) is 47.4 Å². The Balaban J connectivity index is 1.22. The molecule has 1 aliphatic rings. The zero-order valence-electron chi connectivity index (χ0n) is 42.2. The summed E-state index contributed by atoms with van der Waals surface area (Å²) < 4.78 is 56.0. The Morgan fingerprint density at radius 1 is 0.753 bits per heavy atom. The number of aromatic nitrogens is 4. The molecule has 3 heterocycles. The number of ether oxygens (including phenoxy) is 6. The highest BCUT2D eigenvalue weighted by Gasteiger charge is 2.51. The van der Waals surface area contributed by atoms with Crippen LogP contribution in [0.1, 0.15) is 62.6 Å². The van der Waals surface area contributed by atoms with Gasteiger partial charge in [0.25, 0.3) is 14.4 Å². The lowest BCUT2D eigenvalue weighted by Crippen LogP contribution is -2.42. The lowest BCUT2D eigenvalue weighted by atomic mass is 9.80. The van der Waals surface area contributed by atoms with Gasteiger partial charge in [0.05, 0.1) is 52.8 Å². The Labute approximate surface area is 428 Å². The van der Waals surface area contributed by atoms with Gasteiger partial charge in [0.1, 0.15) is 47.5 Å². The molecule has 0 spiro atoms. The van der Waals surface area contributed by atoms with Crippen molar-refractivity contribution in [2.75, 3.05) is 46.0 Å². The van der Waals surface area contributed by atoms with Gasteiger partial charge < -0.3 is 37.5 Å². The smallest absolute Gasteiger partial charge is 0.266 e. The Bertz CT molecular complexity index is 2820. The number of anilines is 1. The summed E-state index contributed by atoms with van der Waals surface area (Å²) in [4.78, 5) is 30.1. The summed E-state index contributed by atoms with van der Waals surface area (Å²) in [5, 5.41) is 9.59. The Kier molecular flexibility index (Phi) is 17.8. The molecule has 380 valence electrons. The first kappa shape index (κ1) is 52.5. The van der Waals surface area contributed by atoms with E-state index in [-0.39, 0.29) is 50.8 Å². The van der Waals surface area contributed by atoms with Gasteiger partial charge in [0, 0.05) is 19.2 Å². The van der Waals surface area contributed by atoms with E-state index >= 15 is 0 Å². The molecule has 1 saturated heterocycles. The van der Waals surface area contributed by atoms with Crippen molar-refractivity contribution in [1.29, 1.82) is 5.26 Å². The number of imidazole rings is 1. The second-order valence-corrected chi connectivity index (χ2v) is 19.2. The second kappa shape index (κ2) is 24.8. The van der Waals surface area contributed by atoms with Gasteiger partial charge in [-0.2, -0.15) is 5.26 Å². The molecule has 5 atom stereocenters. The molecule has 8 rings (SSSR count). The number of nitriles is 1. The van der Waals surface area contributed by atoms with Crippen molar-refractivity contribution in [3.63, 3.8) is 0 Å². The molecule has 73 heavy (non-hydrogen) atoms. The average Bonchev–Trinajstić information content (AvgIpc) is 4.02. The minimum absolute atomic E-state index is 0.00485. The first-order valence-electron chi connectivity index (χ1n) is 24.2. The zero-order valence-corrected chi connectivity index (χ0v) is 43.1. The third kappa shape index (κ3) is 11.9. The topological polar surface area (TPSA) is 165 Å². The Hall–Kier alpha value is -6.80. The van der Waals surface area contributed by atoms with Crippen LogP contribution in [0.4, 0.5) is 5.82 Å². The largest absolute Gasteiger partial charge is 0.497 e. The van der Waals surface area contributed by atoms with Gasteiger partial charge in [-0.3, -0.25) is 14.3 Å². The lowest BCUT2D eigenvalue weighted by Gasteiger charge is -2.39. The Morgan fingerprint density at radius 3 is 1.92 bits per heavy atom. The van der Waals surface area contributed by atoms with Gasteiger partial charge in [-0.1, -0.05) is 103 Å². The molecule has 0 saturated carbocycles. The summed E-state index contributed by atoms with van der Waals surface area (Å²) in [5.41, 5.74) is 2.96. The van der Waals surface area contributed by atoms with E-state index in [9.17, 15) is 10.1 Å². The minimum atomic E-state index is -1.81. The van der Waals surface area contributed by atoms with Crippen LogP contribution in [-0.4, -0.2) is 102 Å². The monoisotopic (exact) mass is 1010 g/mol. The van der Waals surface area contributed by atoms with Gasteiger partial charge >= 0.3 is 0 Å². The number of fused-ring (bicyclic) bond motifs is 1. The van der Waals surface area contributed by atoms with Crippen molar-refractivity contribution < 1.29 is 42.3 Å². The molecule has 5 unspecified atom stereocenters. The van der Waals surface area contributed by atoms with Gasteiger partial charge in [-0.25, -0.2) is 19.6 Å². The predicted octanol–water partition coefficient (Wildman–Crippen LogP) is 10.0. The first-order chi connectivity index (χ1) is 35.6. The van der Waals surface area contributed by atoms with Crippen LogP contribution in [0, 0.1) is 11.3 Å². The lowest BCUT2D eigenvalue weighted by molar-refractivity contribution is -0.120. The van der Waals surface area contributed by atoms with Crippen molar-refractivity contribution >= 4 is 31.4 Å². The number of carbonyl (C=O) groups is 1. The number of nitrogens with zero attached hydrogens (tertiary/aromatic N) is 7. The van der Waals surface area contributed by atoms with Gasteiger partial charge in [-0.05, 0) is 86.3 Å². The van der Waals surface area contributed by atoms with Crippen LogP contribution >= 0.6 is 8.53 Å². The summed E-state index contributed by atoms with van der Waals surface area (Å²) in [6.07, 6.45) is -0.136. The molecule has 1 fully saturated rings. The maximum absolute atomic E-state index is 14.3. The first-order valence-corrected chi connectivity index (χ1v) is 25.3. The van der Waals surface area contributed by atoms with Crippen LogP contribution in [0.3, 0.4) is 0 Å². The number of rotatable bonds is 24. The van der Waals surface area contributed by atoms with E-state index in [1.54, 1.807) is 49.3 Å². The predicted molar refractivity (Wildman–Crippen MR) is 278 cm³/mol. The van der Waals surface area contributed by atoms with Crippen LogP contribution in [0.25, 0.3) is 11.2 Å². The van der Waals surface area contributed by atoms with Crippen LogP contribution in [0.5, 0.6) is 17.2 Å². The third-order valence-electron chi connectivity index (χ3n) is 12.5. The Morgan fingerprint density at radius 2 is 1.34 bits per heavy atom. The highest BCUT2D eigenvalue weighted by molar-refractivity contribution is 7.44. The van der Waals surface area contributed by atoms with Gasteiger partial charge in [-0.15, -0.1) is 0 Å². The van der Waals surface area contributed by atoms with Crippen molar-refractivity contribution in [3.8, 4) is 23.3 Å². The number of hydrogen-bond donors (Lipinski definition) is 0. The van der Waals surface area contributed by atoms with Crippen molar-refractivity contribution in [1.82, 2.24) is 24.2 Å². The number of benzene rings is 5. The van der Waals surface area contributed by atoms with E-state index in [0.29, 0.717) is 34.2 Å². The zero-order chi connectivity index (χ0) is 51.3. The number of carbonyl (C=O) groups excluding carboxylic acids is 1. The van der Waals surface area contributed by atoms with Crippen LogP contribution in [0.2, 0.25) is 0 Å². The van der Waals surface area contributed by atoms with Crippen LogP contribution in [0.15, 0.2) is 152 Å². The van der Waals surface area contributed by atoms with Gasteiger partial charge in [0.2, 0.25) is 0 Å². The normalized spacial score (nSPS) is 17.2. The number of hydrogen-bond acceptors (Lipinski definition) is 14. The summed E-state index contributed by atoms with van der Waals surface area (Å²) in [7, 11) is 3.07. The summed E-state index contributed by atoms with van der Waals surface area (Å²) in [6, 6.07) is 46.7. The molecule has 0 bridgehead atoms. The molecular weight excluding hydrogens is 946 g/mol.